The number of aromatic nitrogens is 1. The molecule has 0 radical (unpaired) electrons. The highest BCUT2D eigenvalue weighted by Gasteiger charge is 2.21. The molecule has 0 saturated carbocycles. The van der Waals surface area contributed by atoms with Gasteiger partial charge in [0.25, 0.3) is 0 Å². The lowest BCUT2D eigenvalue weighted by Gasteiger charge is -2.16. The number of hydrogen-bond donors (Lipinski definition) is 2. The van der Waals surface area contributed by atoms with Gasteiger partial charge in [-0.15, -0.1) is 0 Å². The van der Waals surface area contributed by atoms with Gasteiger partial charge in [-0.2, -0.15) is 0 Å². The van der Waals surface area contributed by atoms with Gasteiger partial charge in [0.15, 0.2) is 0 Å². The minimum Gasteiger partial charge on any atom is -0.380 e. The summed E-state index contributed by atoms with van der Waals surface area (Å²) in [7, 11) is 0. The number of amides is 1. The van der Waals surface area contributed by atoms with Gasteiger partial charge in [0, 0.05) is 17.8 Å². The molecular formula is C14H15N3O. The summed E-state index contributed by atoms with van der Waals surface area (Å²) in [4.78, 5) is 16.1. The van der Waals surface area contributed by atoms with E-state index in [9.17, 15) is 4.79 Å². The summed E-state index contributed by atoms with van der Waals surface area (Å²) >= 11 is 0. The van der Waals surface area contributed by atoms with Crippen molar-refractivity contribution in [1.82, 2.24) is 4.98 Å². The summed E-state index contributed by atoms with van der Waals surface area (Å²) in [5.41, 5.74) is 2.70. The normalized spacial score (nSPS) is 18.7. The van der Waals surface area contributed by atoms with Crippen molar-refractivity contribution in [3.8, 4) is 0 Å². The van der Waals surface area contributed by atoms with Crippen molar-refractivity contribution in [2.75, 3.05) is 10.6 Å². The van der Waals surface area contributed by atoms with Crippen LogP contribution in [-0.2, 0) is 4.79 Å². The monoisotopic (exact) mass is 241 g/mol. The second-order valence-electron chi connectivity index (χ2n) is 4.57. The number of hydrogen-bond acceptors (Lipinski definition) is 3. The lowest BCUT2D eigenvalue weighted by atomic mass is 10.1. The summed E-state index contributed by atoms with van der Waals surface area (Å²) in [5.74, 6) is 0.0465. The Hall–Kier alpha value is -2.10. The van der Waals surface area contributed by atoms with Gasteiger partial charge in [0.05, 0.1) is 23.1 Å². The Morgan fingerprint density at radius 1 is 1.39 bits per heavy atom. The first kappa shape index (κ1) is 11.0. The van der Waals surface area contributed by atoms with Crippen LogP contribution in [0.1, 0.15) is 19.8 Å². The zero-order valence-electron chi connectivity index (χ0n) is 10.2. The van der Waals surface area contributed by atoms with Crippen molar-refractivity contribution in [2.24, 2.45) is 0 Å². The molecular weight excluding hydrogens is 226 g/mol. The Morgan fingerprint density at radius 2 is 2.22 bits per heavy atom. The van der Waals surface area contributed by atoms with E-state index in [0.717, 1.165) is 28.7 Å². The zero-order valence-corrected chi connectivity index (χ0v) is 10.2. The van der Waals surface area contributed by atoms with Crippen LogP contribution in [0.15, 0.2) is 30.5 Å². The predicted octanol–water partition coefficient (Wildman–Crippen LogP) is 2.77. The number of carbonyl (C=O) groups is 1. The standard InChI is InChI=1S/C14H15N3O/c1-2-9-7-13(18)17-12-8-15-11-6-4-3-5-10(11)14(12)16-9/h3-6,8-9,16H,2,7H2,1H3,(H,17,18). The zero-order chi connectivity index (χ0) is 12.5. The van der Waals surface area contributed by atoms with Crippen LogP contribution in [0.3, 0.4) is 0 Å². The fraction of sp³-hybridized carbons (Fsp3) is 0.286. The highest BCUT2D eigenvalue weighted by molar-refractivity contribution is 6.04. The van der Waals surface area contributed by atoms with Crippen molar-refractivity contribution in [1.29, 1.82) is 0 Å². The summed E-state index contributed by atoms with van der Waals surface area (Å²) in [5, 5.41) is 7.43. The molecule has 1 atom stereocenters. The molecule has 92 valence electrons. The molecule has 4 heteroatoms. The molecule has 2 aromatic rings. The molecule has 2 N–H and O–H groups in total. The lowest BCUT2D eigenvalue weighted by molar-refractivity contribution is -0.116. The van der Waals surface area contributed by atoms with Crippen LogP contribution in [0, 0.1) is 0 Å². The molecule has 0 spiro atoms. The number of benzene rings is 1. The van der Waals surface area contributed by atoms with E-state index in [1.54, 1.807) is 6.20 Å². The molecule has 1 amide bonds. The molecule has 0 bridgehead atoms. The fourth-order valence-corrected chi connectivity index (χ4v) is 2.32. The second kappa shape index (κ2) is 4.29. The van der Waals surface area contributed by atoms with E-state index in [4.69, 9.17) is 0 Å². The fourth-order valence-electron chi connectivity index (χ4n) is 2.32. The third kappa shape index (κ3) is 1.79. The number of rotatable bonds is 1. The Labute approximate surface area is 105 Å². The van der Waals surface area contributed by atoms with Crippen molar-refractivity contribution >= 4 is 28.2 Å². The minimum absolute atomic E-state index is 0.0465. The predicted molar refractivity (Wildman–Crippen MR) is 72.7 cm³/mol. The maximum atomic E-state index is 11.8. The Morgan fingerprint density at radius 3 is 3.06 bits per heavy atom. The van der Waals surface area contributed by atoms with E-state index in [0.29, 0.717) is 6.42 Å². The van der Waals surface area contributed by atoms with Gasteiger partial charge < -0.3 is 10.6 Å². The van der Waals surface area contributed by atoms with E-state index in [-0.39, 0.29) is 11.9 Å². The van der Waals surface area contributed by atoms with Gasteiger partial charge in [-0.25, -0.2) is 0 Å². The van der Waals surface area contributed by atoms with Gasteiger partial charge in [0.2, 0.25) is 5.91 Å². The molecule has 1 aliphatic heterocycles. The van der Waals surface area contributed by atoms with Crippen molar-refractivity contribution in [2.45, 2.75) is 25.8 Å². The molecule has 0 aliphatic carbocycles. The number of nitrogens with zero attached hydrogens (tertiary/aromatic N) is 1. The van der Waals surface area contributed by atoms with Gasteiger partial charge in [0.1, 0.15) is 0 Å². The van der Waals surface area contributed by atoms with Gasteiger partial charge in [-0.1, -0.05) is 25.1 Å². The summed E-state index contributed by atoms with van der Waals surface area (Å²) in [6.45, 7) is 2.08. The third-order valence-corrected chi connectivity index (χ3v) is 3.32. The van der Waals surface area contributed by atoms with Crippen LogP contribution in [-0.4, -0.2) is 16.9 Å². The van der Waals surface area contributed by atoms with E-state index >= 15 is 0 Å². The van der Waals surface area contributed by atoms with Crippen LogP contribution < -0.4 is 10.6 Å². The van der Waals surface area contributed by atoms with Crippen LogP contribution >= 0.6 is 0 Å². The SMILES string of the molecule is CCC1CC(=O)Nc2cnc3ccccc3c2N1. The Bertz CT molecular complexity index is 609. The molecule has 0 fully saturated rings. The lowest BCUT2D eigenvalue weighted by Crippen LogP contribution is -2.21. The van der Waals surface area contributed by atoms with E-state index in [1.807, 2.05) is 24.3 Å². The first-order chi connectivity index (χ1) is 8.78. The van der Waals surface area contributed by atoms with Crippen LogP contribution in [0.5, 0.6) is 0 Å². The topological polar surface area (TPSA) is 54.0 Å². The Kier molecular flexibility index (Phi) is 2.63. The largest absolute Gasteiger partial charge is 0.380 e. The number of pyridine rings is 1. The molecule has 1 aromatic heterocycles. The van der Waals surface area contributed by atoms with Crippen molar-refractivity contribution in [3.63, 3.8) is 0 Å². The van der Waals surface area contributed by atoms with Crippen LogP contribution in [0.4, 0.5) is 11.4 Å². The highest BCUT2D eigenvalue weighted by Crippen LogP contribution is 2.32. The maximum Gasteiger partial charge on any atom is 0.226 e. The van der Waals surface area contributed by atoms with E-state index in [2.05, 4.69) is 22.5 Å². The first-order valence-electron chi connectivity index (χ1n) is 6.22. The number of carbonyl (C=O) groups excluding carboxylic acids is 1. The molecule has 1 unspecified atom stereocenters. The third-order valence-electron chi connectivity index (χ3n) is 3.32. The molecule has 3 rings (SSSR count). The van der Waals surface area contributed by atoms with E-state index in [1.165, 1.54) is 0 Å². The molecule has 1 aliphatic rings. The molecule has 2 heterocycles. The average Bonchev–Trinajstić information content (AvgIpc) is 2.56. The summed E-state index contributed by atoms with van der Waals surface area (Å²) in [6.07, 6.45) is 3.14. The van der Waals surface area contributed by atoms with Crippen molar-refractivity contribution in [3.05, 3.63) is 30.5 Å². The molecule has 0 saturated heterocycles. The number of para-hydroxylation sites is 1. The van der Waals surface area contributed by atoms with Gasteiger partial charge in [-0.05, 0) is 12.5 Å². The number of anilines is 2. The second-order valence-corrected chi connectivity index (χ2v) is 4.57. The number of fused-ring (bicyclic) bond motifs is 3. The van der Waals surface area contributed by atoms with Crippen molar-refractivity contribution < 1.29 is 4.79 Å². The highest BCUT2D eigenvalue weighted by atomic mass is 16.1. The Balaban J connectivity index is 2.19. The summed E-state index contributed by atoms with van der Waals surface area (Å²) < 4.78 is 0. The van der Waals surface area contributed by atoms with E-state index < -0.39 is 0 Å². The maximum absolute atomic E-state index is 11.8. The smallest absolute Gasteiger partial charge is 0.226 e. The first-order valence-corrected chi connectivity index (χ1v) is 6.22. The van der Waals surface area contributed by atoms with Crippen LogP contribution in [0.25, 0.3) is 10.9 Å². The van der Waals surface area contributed by atoms with Crippen LogP contribution in [0.2, 0.25) is 0 Å². The van der Waals surface area contributed by atoms with Gasteiger partial charge >= 0.3 is 0 Å². The minimum atomic E-state index is 0.0465. The summed E-state index contributed by atoms with van der Waals surface area (Å²) in [6, 6.07) is 8.13. The number of nitrogens with one attached hydrogen (secondary N) is 2. The molecule has 18 heavy (non-hydrogen) atoms. The quantitative estimate of drug-likeness (QED) is 0.807. The molecule has 4 nitrogen and oxygen atoms in total. The molecule has 1 aromatic carbocycles. The van der Waals surface area contributed by atoms with Gasteiger partial charge in [-0.3, -0.25) is 9.78 Å². The average molecular weight is 241 g/mol.